The van der Waals surface area contributed by atoms with E-state index in [2.05, 4.69) is 12.1 Å². The number of nitrogens with zero attached hydrogens (tertiary/aromatic N) is 1. The zero-order valence-corrected chi connectivity index (χ0v) is 24.0. The molecule has 7 heteroatoms. The summed E-state index contributed by atoms with van der Waals surface area (Å²) >= 11 is 0. The summed E-state index contributed by atoms with van der Waals surface area (Å²) in [5.41, 5.74) is 5.12. The van der Waals surface area contributed by atoms with Crippen molar-refractivity contribution in [1.29, 1.82) is 0 Å². The summed E-state index contributed by atoms with van der Waals surface area (Å²) in [6.45, 7) is 9.28. The predicted octanol–water partition coefficient (Wildman–Crippen LogP) is 6.55. The number of hydrogen-bond acceptors (Lipinski definition) is 5. The van der Waals surface area contributed by atoms with E-state index in [0.29, 0.717) is 37.8 Å². The van der Waals surface area contributed by atoms with Crippen LogP contribution in [0.15, 0.2) is 66.7 Å². The molecule has 1 atom stereocenters. The van der Waals surface area contributed by atoms with Crippen LogP contribution in [0.1, 0.15) is 47.6 Å². The number of carboxylic acid groups (broad SMARTS) is 1. The van der Waals surface area contributed by atoms with Gasteiger partial charge < -0.3 is 24.2 Å². The number of aliphatic carboxylic acids is 1. The topological polar surface area (TPSA) is 85.3 Å². The molecule has 0 heterocycles. The first-order valence-electron chi connectivity index (χ1n) is 13.9. The smallest absolute Gasteiger partial charge is 0.415 e. The van der Waals surface area contributed by atoms with E-state index in [4.69, 9.17) is 14.2 Å². The van der Waals surface area contributed by atoms with E-state index in [0.717, 1.165) is 41.5 Å². The van der Waals surface area contributed by atoms with Crippen molar-refractivity contribution in [3.8, 4) is 11.5 Å². The first kappa shape index (κ1) is 30.7. The number of unbranched alkanes of at least 4 members (excludes halogenated alkanes) is 1. The molecule has 0 aliphatic rings. The molecule has 214 valence electrons. The molecular formula is C33H41NO6. The summed E-state index contributed by atoms with van der Waals surface area (Å²) in [6.07, 6.45) is 1.77. The number of amides is 1. The summed E-state index contributed by atoms with van der Waals surface area (Å²) in [5, 5.41) is 9.31. The van der Waals surface area contributed by atoms with E-state index in [9.17, 15) is 14.7 Å². The van der Waals surface area contributed by atoms with Crippen LogP contribution in [0.4, 0.5) is 4.79 Å². The minimum absolute atomic E-state index is 0.282. The number of benzene rings is 3. The van der Waals surface area contributed by atoms with Crippen LogP contribution in [0.25, 0.3) is 0 Å². The number of carboxylic acids is 1. The van der Waals surface area contributed by atoms with Gasteiger partial charge in [-0.2, -0.15) is 0 Å². The maximum Gasteiger partial charge on any atom is 0.415 e. The molecule has 0 aromatic heterocycles. The van der Waals surface area contributed by atoms with E-state index in [1.54, 1.807) is 11.8 Å². The van der Waals surface area contributed by atoms with E-state index in [1.807, 2.05) is 75.4 Å². The zero-order valence-electron chi connectivity index (χ0n) is 24.0. The van der Waals surface area contributed by atoms with E-state index >= 15 is 0 Å². The number of aryl methyl sites for hydroxylation is 4. The van der Waals surface area contributed by atoms with Crippen LogP contribution in [0, 0.1) is 20.8 Å². The summed E-state index contributed by atoms with van der Waals surface area (Å²) in [7, 11) is 0. The summed E-state index contributed by atoms with van der Waals surface area (Å²) < 4.78 is 17.1. The third-order valence-corrected chi connectivity index (χ3v) is 6.66. The minimum atomic E-state index is -0.978. The van der Waals surface area contributed by atoms with Crippen molar-refractivity contribution in [3.05, 3.63) is 94.5 Å². The van der Waals surface area contributed by atoms with Gasteiger partial charge in [0.15, 0.2) is 6.10 Å². The molecular weight excluding hydrogens is 506 g/mol. The van der Waals surface area contributed by atoms with Gasteiger partial charge in [0.25, 0.3) is 0 Å². The average Bonchev–Trinajstić information content (AvgIpc) is 2.93. The van der Waals surface area contributed by atoms with Crippen molar-refractivity contribution in [2.45, 2.75) is 59.5 Å². The molecule has 0 fully saturated rings. The van der Waals surface area contributed by atoms with Gasteiger partial charge in [-0.25, -0.2) is 9.59 Å². The van der Waals surface area contributed by atoms with E-state index < -0.39 is 12.1 Å². The molecule has 0 aliphatic heterocycles. The largest absolute Gasteiger partial charge is 0.492 e. The Bertz CT molecular complexity index is 1200. The predicted molar refractivity (Wildman–Crippen MR) is 156 cm³/mol. The fourth-order valence-corrected chi connectivity index (χ4v) is 4.68. The van der Waals surface area contributed by atoms with E-state index in [1.165, 1.54) is 5.56 Å². The van der Waals surface area contributed by atoms with Gasteiger partial charge in [0.05, 0.1) is 6.54 Å². The number of ether oxygens (including phenoxy) is 3. The minimum Gasteiger partial charge on any atom is -0.492 e. The monoisotopic (exact) mass is 547 g/mol. The molecule has 1 unspecified atom stereocenters. The van der Waals surface area contributed by atoms with Gasteiger partial charge in [-0.05, 0) is 81.3 Å². The third kappa shape index (κ3) is 9.72. The molecule has 0 saturated carbocycles. The quantitative estimate of drug-likeness (QED) is 0.217. The lowest BCUT2D eigenvalue weighted by molar-refractivity contribution is -0.149. The highest BCUT2D eigenvalue weighted by Crippen LogP contribution is 2.25. The Morgan fingerprint density at radius 3 is 2.17 bits per heavy atom. The second kappa shape index (κ2) is 15.7. The molecule has 0 aliphatic carbocycles. The number of carbonyl (C=O) groups excluding carboxylic acids is 1. The molecule has 3 aromatic rings. The molecule has 0 spiro atoms. The first-order valence-corrected chi connectivity index (χ1v) is 13.9. The van der Waals surface area contributed by atoms with Crippen molar-refractivity contribution in [2.24, 2.45) is 0 Å². The fourth-order valence-electron chi connectivity index (χ4n) is 4.68. The molecule has 7 nitrogen and oxygen atoms in total. The van der Waals surface area contributed by atoms with Gasteiger partial charge in [0.1, 0.15) is 18.1 Å². The summed E-state index contributed by atoms with van der Waals surface area (Å²) in [6, 6.07) is 21.6. The standard InChI is InChI=1S/C33H41NO6/c1-5-38-30(32(35)36)23-28-14-16-29(17-15-28)39-20-19-34(18-10-9-13-27-11-7-6-8-12-27)33(37)40-31-25(3)21-24(2)22-26(31)4/h6-8,11-12,14-17,21-22,30H,5,9-10,13,18-20,23H2,1-4H3,(H,35,36). The first-order chi connectivity index (χ1) is 19.3. The van der Waals surface area contributed by atoms with Crippen LogP contribution in [0.3, 0.4) is 0 Å². The molecule has 3 aromatic carbocycles. The van der Waals surface area contributed by atoms with Gasteiger partial charge in [-0.15, -0.1) is 0 Å². The Balaban J connectivity index is 1.59. The summed E-state index contributed by atoms with van der Waals surface area (Å²) in [5.74, 6) is 0.275. The lowest BCUT2D eigenvalue weighted by atomic mass is 10.1. The highest BCUT2D eigenvalue weighted by Gasteiger charge is 2.19. The van der Waals surface area contributed by atoms with Crippen molar-refractivity contribution in [3.63, 3.8) is 0 Å². The third-order valence-electron chi connectivity index (χ3n) is 6.66. The second-order valence-electron chi connectivity index (χ2n) is 10.0. The Kier molecular flexibility index (Phi) is 12.0. The highest BCUT2D eigenvalue weighted by atomic mass is 16.6. The average molecular weight is 548 g/mol. The molecule has 0 saturated heterocycles. The maximum absolute atomic E-state index is 13.3. The number of hydrogen-bond donors (Lipinski definition) is 1. The van der Waals surface area contributed by atoms with Gasteiger partial charge in [0.2, 0.25) is 0 Å². The Labute approximate surface area is 237 Å². The van der Waals surface area contributed by atoms with Crippen LogP contribution in [0.5, 0.6) is 11.5 Å². The van der Waals surface area contributed by atoms with Crippen molar-refractivity contribution < 1.29 is 28.9 Å². The number of rotatable bonds is 15. The van der Waals surface area contributed by atoms with Gasteiger partial charge in [-0.1, -0.05) is 60.2 Å². The van der Waals surface area contributed by atoms with Crippen molar-refractivity contribution in [1.82, 2.24) is 4.90 Å². The van der Waals surface area contributed by atoms with Gasteiger partial charge >= 0.3 is 12.1 Å². The lowest BCUT2D eigenvalue weighted by Gasteiger charge is -2.23. The molecule has 40 heavy (non-hydrogen) atoms. The second-order valence-corrected chi connectivity index (χ2v) is 10.0. The van der Waals surface area contributed by atoms with Crippen molar-refractivity contribution in [2.75, 3.05) is 26.3 Å². The van der Waals surface area contributed by atoms with Gasteiger partial charge in [0, 0.05) is 19.6 Å². The van der Waals surface area contributed by atoms with Crippen LogP contribution in [-0.4, -0.2) is 54.5 Å². The Hall–Kier alpha value is -3.84. The Morgan fingerprint density at radius 1 is 0.875 bits per heavy atom. The molecule has 0 radical (unpaired) electrons. The zero-order chi connectivity index (χ0) is 28.9. The van der Waals surface area contributed by atoms with Crippen LogP contribution >= 0.6 is 0 Å². The summed E-state index contributed by atoms with van der Waals surface area (Å²) in [4.78, 5) is 26.3. The van der Waals surface area contributed by atoms with E-state index in [-0.39, 0.29) is 12.5 Å². The molecule has 0 bridgehead atoms. The van der Waals surface area contributed by atoms with Crippen LogP contribution in [0.2, 0.25) is 0 Å². The van der Waals surface area contributed by atoms with Crippen LogP contribution < -0.4 is 9.47 Å². The lowest BCUT2D eigenvalue weighted by Crippen LogP contribution is -2.37. The number of carbonyl (C=O) groups is 2. The maximum atomic E-state index is 13.3. The fraction of sp³-hybridized carbons (Fsp3) is 0.394. The normalized spacial score (nSPS) is 11.6. The van der Waals surface area contributed by atoms with Gasteiger partial charge in [-0.3, -0.25) is 0 Å². The van der Waals surface area contributed by atoms with Crippen LogP contribution in [-0.2, 0) is 22.4 Å². The van der Waals surface area contributed by atoms with Crippen molar-refractivity contribution >= 4 is 12.1 Å². The SMILES string of the molecule is CCOC(Cc1ccc(OCCN(CCCCc2ccccc2)C(=O)Oc2c(C)cc(C)cc2C)cc1)C(=O)O. The molecule has 3 rings (SSSR count). The molecule has 1 N–H and O–H groups in total. The Morgan fingerprint density at radius 2 is 1.55 bits per heavy atom. The highest BCUT2D eigenvalue weighted by molar-refractivity contribution is 5.73. The molecule has 1 amide bonds.